The van der Waals surface area contributed by atoms with Crippen molar-refractivity contribution in [2.75, 3.05) is 25.5 Å². The number of fused-ring (bicyclic) bond motifs is 1. The van der Waals surface area contributed by atoms with Crippen LogP contribution in [0.25, 0.3) is 0 Å². The van der Waals surface area contributed by atoms with Crippen LogP contribution in [0.5, 0.6) is 5.75 Å². The fraction of sp³-hybridized carbons (Fsp3) is 0.316. The summed E-state index contributed by atoms with van der Waals surface area (Å²) in [6.45, 7) is 2.39. The van der Waals surface area contributed by atoms with Gasteiger partial charge in [0, 0.05) is 38.2 Å². The molecule has 0 aliphatic carbocycles. The summed E-state index contributed by atoms with van der Waals surface area (Å²) < 4.78 is 5.17. The molecule has 0 bridgehead atoms. The van der Waals surface area contributed by atoms with E-state index in [4.69, 9.17) is 4.74 Å². The van der Waals surface area contributed by atoms with Gasteiger partial charge in [0.2, 0.25) is 5.91 Å². The Morgan fingerprint density at radius 3 is 2.77 bits per heavy atom. The number of carbonyl (C=O) groups is 1. The molecule has 1 aliphatic rings. The molecule has 3 rings (SSSR count). The average molecular weight is 355 g/mol. The molecule has 0 radical (unpaired) electrons. The first-order valence-electron chi connectivity index (χ1n) is 8.48. The van der Waals surface area contributed by atoms with Gasteiger partial charge in [-0.3, -0.25) is 19.8 Å². The van der Waals surface area contributed by atoms with Gasteiger partial charge < -0.3 is 10.1 Å². The average Bonchev–Trinajstić information content (AvgIpc) is 2.66. The number of nitro groups is 1. The molecule has 1 heterocycles. The summed E-state index contributed by atoms with van der Waals surface area (Å²) in [7, 11) is 1.46. The molecular weight excluding hydrogens is 334 g/mol. The van der Waals surface area contributed by atoms with Crippen molar-refractivity contribution in [1.82, 2.24) is 4.90 Å². The Morgan fingerprint density at radius 1 is 1.27 bits per heavy atom. The number of anilines is 1. The lowest BCUT2D eigenvalue weighted by Gasteiger charge is -2.28. The van der Waals surface area contributed by atoms with E-state index in [-0.39, 0.29) is 11.6 Å². The van der Waals surface area contributed by atoms with Gasteiger partial charge in [0.1, 0.15) is 5.75 Å². The predicted octanol–water partition coefficient (Wildman–Crippen LogP) is 2.99. The zero-order valence-corrected chi connectivity index (χ0v) is 14.6. The first kappa shape index (κ1) is 17.9. The lowest BCUT2D eigenvalue weighted by molar-refractivity contribution is -0.384. The van der Waals surface area contributed by atoms with E-state index in [1.165, 1.54) is 36.4 Å². The van der Waals surface area contributed by atoms with Gasteiger partial charge >= 0.3 is 0 Å². The molecule has 1 N–H and O–H groups in total. The highest BCUT2D eigenvalue weighted by Crippen LogP contribution is 2.29. The number of benzene rings is 2. The molecule has 0 saturated heterocycles. The number of nitrogens with one attached hydrogen (secondary N) is 1. The number of hydrogen-bond acceptors (Lipinski definition) is 5. The number of methoxy groups -OCH3 is 1. The first-order chi connectivity index (χ1) is 12.6. The van der Waals surface area contributed by atoms with Crippen molar-refractivity contribution >= 4 is 17.3 Å². The van der Waals surface area contributed by atoms with E-state index >= 15 is 0 Å². The van der Waals surface area contributed by atoms with E-state index < -0.39 is 4.92 Å². The number of nitrogens with zero attached hydrogens (tertiary/aromatic N) is 2. The van der Waals surface area contributed by atoms with E-state index in [0.29, 0.717) is 24.4 Å². The van der Waals surface area contributed by atoms with Crippen LogP contribution in [0.3, 0.4) is 0 Å². The molecule has 136 valence electrons. The summed E-state index contributed by atoms with van der Waals surface area (Å²) in [5, 5.41) is 13.6. The number of carbonyl (C=O) groups excluding carboxylic acids is 1. The van der Waals surface area contributed by atoms with Crippen LogP contribution in [0.4, 0.5) is 11.4 Å². The Hall–Kier alpha value is -2.93. The Labute approximate surface area is 151 Å². The maximum atomic E-state index is 12.3. The molecule has 1 amide bonds. The van der Waals surface area contributed by atoms with Crippen LogP contribution in [-0.2, 0) is 17.8 Å². The standard InChI is InChI=1S/C19H21N3O4/c1-26-18-7-6-16(22(24)25)12-17(18)20-19(23)9-11-21-10-8-14-4-2-3-5-15(14)13-21/h2-7,12H,8-11,13H2,1H3,(H,20,23). The number of rotatable bonds is 6. The Kier molecular flexibility index (Phi) is 5.48. The summed E-state index contributed by atoms with van der Waals surface area (Å²) in [5.41, 5.74) is 2.90. The smallest absolute Gasteiger partial charge is 0.271 e. The Balaban J connectivity index is 1.58. The molecule has 0 saturated carbocycles. The normalized spacial score (nSPS) is 13.7. The summed E-state index contributed by atoms with van der Waals surface area (Å²) in [6.07, 6.45) is 1.30. The van der Waals surface area contributed by atoms with E-state index in [0.717, 1.165) is 19.5 Å². The van der Waals surface area contributed by atoms with Crippen molar-refractivity contribution in [3.05, 3.63) is 63.7 Å². The van der Waals surface area contributed by atoms with Crippen molar-refractivity contribution in [3.63, 3.8) is 0 Å². The third-order valence-electron chi connectivity index (χ3n) is 4.53. The van der Waals surface area contributed by atoms with Crippen molar-refractivity contribution in [2.45, 2.75) is 19.4 Å². The second-order valence-corrected chi connectivity index (χ2v) is 6.23. The van der Waals surface area contributed by atoms with Crippen LogP contribution in [0.1, 0.15) is 17.5 Å². The number of non-ortho nitro benzene ring substituents is 1. The van der Waals surface area contributed by atoms with E-state index in [2.05, 4.69) is 22.3 Å². The largest absolute Gasteiger partial charge is 0.495 e. The molecule has 0 aromatic heterocycles. The SMILES string of the molecule is COc1ccc([N+](=O)[O-])cc1NC(=O)CCN1CCc2ccccc2C1. The highest BCUT2D eigenvalue weighted by atomic mass is 16.6. The molecule has 2 aromatic carbocycles. The molecule has 7 nitrogen and oxygen atoms in total. The Bertz CT molecular complexity index is 822. The first-order valence-corrected chi connectivity index (χ1v) is 8.48. The monoisotopic (exact) mass is 355 g/mol. The maximum Gasteiger partial charge on any atom is 0.271 e. The van der Waals surface area contributed by atoms with Crippen LogP contribution >= 0.6 is 0 Å². The second-order valence-electron chi connectivity index (χ2n) is 6.23. The third kappa shape index (κ3) is 4.18. The van der Waals surface area contributed by atoms with Crippen LogP contribution in [0.15, 0.2) is 42.5 Å². The number of hydrogen-bond donors (Lipinski definition) is 1. The molecule has 7 heteroatoms. The second kappa shape index (κ2) is 7.97. The molecule has 0 spiro atoms. The fourth-order valence-corrected chi connectivity index (χ4v) is 3.12. The molecule has 26 heavy (non-hydrogen) atoms. The minimum absolute atomic E-state index is 0.0891. The molecule has 0 atom stereocenters. The summed E-state index contributed by atoms with van der Waals surface area (Å²) in [5.74, 6) is 0.207. The molecule has 0 fully saturated rings. The summed E-state index contributed by atoms with van der Waals surface area (Å²) in [4.78, 5) is 24.9. The van der Waals surface area contributed by atoms with E-state index in [1.807, 2.05) is 12.1 Å². The van der Waals surface area contributed by atoms with Gasteiger partial charge in [-0.2, -0.15) is 0 Å². The van der Waals surface area contributed by atoms with Gasteiger partial charge in [-0.1, -0.05) is 24.3 Å². The topological polar surface area (TPSA) is 84.7 Å². The van der Waals surface area contributed by atoms with Gasteiger partial charge in [0.15, 0.2) is 0 Å². The lowest BCUT2D eigenvalue weighted by Crippen LogP contribution is -2.33. The number of ether oxygens (including phenoxy) is 1. The quantitative estimate of drug-likeness (QED) is 0.636. The van der Waals surface area contributed by atoms with Gasteiger partial charge in [-0.25, -0.2) is 0 Å². The highest BCUT2D eigenvalue weighted by molar-refractivity contribution is 5.92. The Morgan fingerprint density at radius 2 is 2.04 bits per heavy atom. The third-order valence-corrected chi connectivity index (χ3v) is 4.53. The number of nitro benzene ring substituents is 1. The van der Waals surface area contributed by atoms with Crippen LogP contribution in [0, 0.1) is 10.1 Å². The van der Waals surface area contributed by atoms with Crippen LogP contribution in [-0.4, -0.2) is 35.9 Å². The molecule has 2 aromatic rings. The van der Waals surface area contributed by atoms with E-state index in [1.54, 1.807) is 0 Å². The number of amides is 1. The predicted molar refractivity (Wildman–Crippen MR) is 98.3 cm³/mol. The van der Waals surface area contributed by atoms with Crippen molar-refractivity contribution < 1.29 is 14.5 Å². The summed E-state index contributed by atoms with van der Waals surface area (Å²) >= 11 is 0. The van der Waals surface area contributed by atoms with Gasteiger partial charge in [-0.05, 0) is 23.6 Å². The van der Waals surface area contributed by atoms with Gasteiger partial charge in [0.25, 0.3) is 5.69 Å². The van der Waals surface area contributed by atoms with Crippen LogP contribution < -0.4 is 10.1 Å². The lowest BCUT2D eigenvalue weighted by atomic mass is 10.00. The molecule has 1 aliphatic heterocycles. The molecule has 0 unspecified atom stereocenters. The molecular formula is C19H21N3O4. The fourth-order valence-electron chi connectivity index (χ4n) is 3.12. The van der Waals surface area contributed by atoms with Crippen molar-refractivity contribution in [1.29, 1.82) is 0 Å². The van der Waals surface area contributed by atoms with Gasteiger partial charge in [0.05, 0.1) is 17.7 Å². The maximum absolute atomic E-state index is 12.3. The minimum Gasteiger partial charge on any atom is -0.495 e. The van der Waals surface area contributed by atoms with Crippen molar-refractivity contribution in [2.24, 2.45) is 0 Å². The minimum atomic E-state index is -0.500. The van der Waals surface area contributed by atoms with E-state index in [9.17, 15) is 14.9 Å². The van der Waals surface area contributed by atoms with Gasteiger partial charge in [-0.15, -0.1) is 0 Å². The highest BCUT2D eigenvalue weighted by Gasteiger charge is 2.18. The van der Waals surface area contributed by atoms with Crippen molar-refractivity contribution in [3.8, 4) is 5.75 Å². The summed E-state index contributed by atoms with van der Waals surface area (Å²) in [6, 6.07) is 12.5. The zero-order valence-electron chi connectivity index (χ0n) is 14.6. The zero-order chi connectivity index (χ0) is 18.5. The van der Waals surface area contributed by atoms with Crippen LogP contribution in [0.2, 0.25) is 0 Å².